The fourth-order valence-electron chi connectivity index (χ4n) is 1.81. The van der Waals surface area contributed by atoms with Crippen molar-refractivity contribution in [1.82, 2.24) is 5.32 Å². The van der Waals surface area contributed by atoms with Crippen molar-refractivity contribution >= 4 is 28.5 Å². The second kappa shape index (κ2) is 7.77. The monoisotopic (exact) mass is 359 g/mol. The van der Waals surface area contributed by atoms with Crippen molar-refractivity contribution in [2.45, 2.75) is 38.5 Å². The minimum Gasteiger partial charge on any atom is -0.355 e. The summed E-state index contributed by atoms with van der Waals surface area (Å²) in [5, 5.41) is 3.04. The molecule has 18 heavy (non-hydrogen) atoms. The third-order valence-corrected chi connectivity index (χ3v) is 3.92. The van der Waals surface area contributed by atoms with Crippen molar-refractivity contribution < 1.29 is 4.79 Å². The van der Waals surface area contributed by atoms with Crippen LogP contribution in [0.4, 0.5) is 0 Å². The van der Waals surface area contributed by atoms with Crippen molar-refractivity contribution in [3.63, 3.8) is 0 Å². The van der Waals surface area contributed by atoms with Gasteiger partial charge < -0.3 is 5.32 Å². The van der Waals surface area contributed by atoms with Gasteiger partial charge in [-0.2, -0.15) is 0 Å². The highest BCUT2D eigenvalue weighted by Crippen LogP contribution is 2.22. The normalized spacial score (nSPS) is 11.3. The molecule has 0 radical (unpaired) electrons. The molecule has 0 unspecified atom stereocenters. The summed E-state index contributed by atoms with van der Waals surface area (Å²) in [6.45, 7) is 4.73. The fraction of sp³-hybridized carbons (Fsp3) is 0.533. The Balaban J connectivity index is 2.45. The summed E-state index contributed by atoms with van der Waals surface area (Å²) in [6, 6.07) is 9.95. The summed E-state index contributed by atoms with van der Waals surface area (Å²) >= 11 is 2.39. The van der Waals surface area contributed by atoms with Crippen LogP contribution in [-0.4, -0.2) is 16.9 Å². The fourth-order valence-corrected chi connectivity index (χ4v) is 2.34. The first-order valence-corrected chi connectivity index (χ1v) is 8.01. The van der Waals surface area contributed by atoms with Crippen molar-refractivity contribution in [1.29, 1.82) is 0 Å². The van der Waals surface area contributed by atoms with Crippen LogP contribution in [-0.2, 0) is 10.2 Å². The molecule has 0 fully saturated rings. The van der Waals surface area contributed by atoms with Crippen molar-refractivity contribution in [3.8, 4) is 0 Å². The van der Waals surface area contributed by atoms with Crippen LogP contribution < -0.4 is 5.32 Å². The molecule has 1 N–H and O–H groups in total. The molecule has 2 nitrogen and oxygen atoms in total. The van der Waals surface area contributed by atoms with Gasteiger partial charge in [0.1, 0.15) is 0 Å². The first-order chi connectivity index (χ1) is 8.59. The summed E-state index contributed by atoms with van der Waals surface area (Å²) in [5.74, 6) is 0.114. The number of amides is 1. The lowest BCUT2D eigenvalue weighted by Crippen LogP contribution is -2.40. The Morgan fingerprint density at radius 3 is 2.44 bits per heavy atom. The van der Waals surface area contributed by atoms with Gasteiger partial charge in [-0.3, -0.25) is 4.79 Å². The number of nitrogens with one attached hydrogen (secondary N) is 1. The molecular weight excluding hydrogens is 337 g/mol. The molecule has 0 aromatic heterocycles. The van der Waals surface area contributed by atoms with Crippen LogP contribution in [0.15, 0.2) is 30.3 Å². The van der Waals surface area contributed by atoms with E-state index < -0.39 is 5.41 Å². The molecule has 0 bridgehead atoms. The molecule has 0 aliphatic rings. The predicted molar refractivity (Wildman–Crippen MR) is 85.2 cm³/mol. The second-order valence-electron chi connectivity index (χ2n) is 5.00. The maximum absolute atomic E-state index is 12.2. The summed E-state index contributed by atoms with van der Waals surface area (Å²) in [6.07, 6.45) is 3.49. The van der Waals surface area contributed by atoms with Crippen LogP contribution in [0.1, 0.15) is 38.7 Å². The predicted octanol–water partition coefficient (Wildman–Crippen LogP) is 3.69. The highest BCUT2D eigenvalue weighted by Gasteiger charge is 2.28. The van der Waals surface area contributed by atoms with Crippen LogP contribution in [0.5, 0.6) is 0 Å². The van der Waals surface area contributed by atoms with Gasteiger partial charge in [-0.1, -0.05) is 59.3 Å². The van der Waals surface area contributed by atoms with Gasteiger partial charge in [0.05, 0.1) is 5.41 Å². The molecule has 0 saturated heterocycles. The highest BCUT2D eigenvalue weighted by molar-refractivity contribution is 14.1. The van der Waals surface area contributed by atoms with E-state index in [9.17, 15) is 4.79 Å². The molecule has 1 rings (SSSR count). The van der Waals surface area contributed by atoms with Crippen LogP contribution >= 0.6 is 22.6 Å². The lowest BCUT2D eigenvalue weighted by atomic mass is 9.84. The van der Waals surface area contributed by atoms with Gasteiger partial charge in [0, 0.05) is 6.54 Å². The molecule has 1 aromatic rings. The van der Waals surface area contributed by atoms with E-state index in [0.717, 1.165) is 18.5 Å². The van der Waals surface area contributed by atoms with Gasteiger partial charge in [-0.25, -0.2) is 0 Å². The van der Waals surface area contributed by atoms with Crippen molar-refractivity contribution in [3.05, 3.63) is 35.9 Å². The first kappa shape index (κ1) is 15.5. The number of carbonyl (C=O) groups is 1. The lowest BCUT2D eigenvalue weighted by molar-refractivity contribution is -0.125. The average Bonchev–Trinajstić information content (AvgIpc) is 2.39. The molecule has 0 aliphatic heterocycles. The van der Waals surface area contributed by atoms with Crippen molar-refractivity contribution in [2.75, 3.05) is 11.0 Å². The first-order valence-electron chi connectivity index (χ1n) is 6.49. The van der Waals surface area contributed by atoms with Gasteiger partial charge >= 0.3 is 0 Å². The standard InChI is InChI=1S/C15H22INO/c1-15(2,13-9-5-3-6-10-13)14(18)17-12-8-4-7-11-16/h3,5-6,9-10H,4,7-8,11-12H2,1-2H3,(H,17,18). The van der Waals surface area contributed by atoms with Crippen LogP contribution in [0.3, 0.4) is 0 Å². The quantitative estimate of drug-likeness (QED) is 0.449. The zero-order chi connectivity index (χ0) is 13.4. The number of benzene rings is 1. The maximum atomic E-state index is 12.2. The zero-order valence-corrected chi connectivity index (χ0v) is 13.4. The molecule has 3 heteroatoms. The number of hydrogen-bond acceptors (Lipinski definition) is 1. The second-order valence-corrected chi connectivity index (χ2v) is 6.08. The number of rotatable bonds is 7. The molecule has 0 heterocycles. The van der Waals surface area contributed by atoms with E-state index in [1.54, 1.807) is 0 Å². The highest BCUT2D eigenvalue weighted by atomic mass is 127. The summed E-state index contributed by atoms with van der Waals surface area (Å²) in [7, 11) is 0. The van der Waals surface area contributed by atoms with E-state index in [-0.39, 0.29) is 5.91 Å². The summed E-state index contributed by atoms with van der Waals surface area (Å²) < 4.78 is 1.20. The van der Waals surface area contributed by atoms with Gasteiger partial charge in [0.2, 0.25) is 5.91 Å². The maximum Gasteiger partial charge on any atom is 0.230 e. The average molecular weight is 359 g/mol. The molecule has 0 atom stereocenters. The van der Waals surface area contributed by atoms with Gasteiger partial charge in [0.25, 0.3) is 0 Å². The molecule has 0 saturated carbocycles. The number of alkyl halides is 1. The Labute approximate surface area is 124 Å². The van der Waals surface area contributed by atoms with E-state index in [1.165, 1.54) is 17.3 Å². The third-order valence-electron chi connectivity index (χ3n) is 3.16. The SMILES string of the molecule is CC(C)(C(=O)NCCCCCI)c1ccccc1. The zero-order valence-electron chi connectivity index (χ0n) is 11.2. The summed E-state index contributed by atoms with van der Waals surface area (Å²) in [5.41, 5.74) is 0.611. The number of unbranched alkanes of at least 4 members (excludes halogenated alkanes) is 2. The van der Waals surface area contributed by atoms with E-state index in [2.05, 4.69) is 27.9 Å². The van der Waals surface area contributed by atoms with E-state index in [1.807, 2.05) is 44.2 Å². The Bertz CT molecular complexity index is 362. The minimum absolute atomic E-state index is 0.114. The third kappa shape index (κ3) is 4.59. The molecule has 0 aliphatic carbocycles. The Morgan fingerprint density at radius 1 is 1.17 bits per heavy atom. The van der Waals surface area contributed by atoms with E-state index >= 15 is 0 Å². The van der Waals surface area contributed by atoms with Gasteiger partial charge in [-0.05, 0) is 36.7 Å². The molecule has 0 spiro atoms. The van der Waals surface area contributed by atoms with Crippen LogP contribution in [0.25, 0.3) is 0 Å². The smallest absolute Gasteiger partial charge is 0.230 e. The minimum atomic E-state index is -0.454. The van der Waals surface area contributed by atoms with Crippen molar-refractivity contribution in [2.24, 2.45) is 0 Å². The Morgan fingerprint density at radius 2 is 1.83 bits per heavy atom. The van der Waals surface area contributed by atoms with Gasteiger partial charge in [0.15, 0.2) is 0 Å². The van der Waals surface area contributed by atoms with Crippen LogP contribution in [0.2, 0.25) is 0 Å². The number of carbonyl (C=O) groups excluding carboxylic acids is 1. The van der Waals surface area contributed by atoms with E-state index in [0.29, 0.717) is 0 Å². The molecular formula is C15H22INO. The Hall–Kier alpha value is -0.580. The lowest BCUT2D eigenvalue weighted by Gasteiger charge is -2.24. The number of hydrogen-bond donors (Lipinski definition) is 1. The Kier molecular flexibility index (Phi) is 6.68. The summed E-state index contributed by atoms with van der Waals surface area (Å²) in [4.78, 5) is 12.2. The van der Waals surface area contributed by atoms with E-state index in [4.69, 9.17) is 0 Å². The van der Waals surface area contributed by atoms with Gasteiger partial charge in [-0.15, -0.1) is 0 Å². The number of halogens is 1. The largest absolute Gasteiger partial charge is 0.355 e. The topological polar surface area (TPSA) is 29.1 Å². The molecule has 100 valence electrons. The molecule has 1 aromatic carbocycles. The van der Waals surface area contributed by atoms with Crippen LogP contribution in [0, 0.1) is 0 Å². The molecule has 1 amide bonds.